The van der Waals surface area contributed by atoms with Gasteiger partial charge in [-0.3, -0.25) is 4.79 Å². The molecule has 0 bridgehead atoms. The van der Waals surface area contributed by atoms with Crippen molar-refractivity contribution >= 4 is 11.7 Å². The number of piperidine rings is 1. The van der Waals surface area contributed by atoms with Crippen molar-refractivity contribution in [2.24, 2.45) is 11.5 Å². The van der Waals surface area contributed by atoms with Gasteiger partial charge in [0.15, 0.2) is 11.6 Å². The van der Waals surface area contributed by atoms with Gasteiger partial charge >= 0.3 is 0 Å². The summed E-state index contributed by atoms with van der Waals surface area (Å²) in [7, 11) is 1.35. The van der Waals surface area contributed by atoms with Crippen LogP contribution < -0.4 is 21.1 Å². The minimum absolute atomic E-state index is 0.0320. The average Bonchev–Trinajstić information content (AvgIpc) is 2.83. The van der Waals surface area contributed by atoms with Crippen LogP contribution in [-0.2, 0) is 0 Å². The van der Waals surface area contributed by atoms with Crippen LogP contribution in [0.15, 0.2) is 42.5 Å². The van der Waals surface area contributed by atoms with Gasteiger partial charge in [0.1, 0.15) is 17.7 Å². The number of nitrogens with two attached hydrogens (primary N) is 2. The van der Waals surface area contributed by atoms with E-state index in [1.807, 2.05) is 4.90 Å². The third-order valence-corrected chi connectivity index (χ3v) is 5.94. The zero-order valence-corrected chi connectivity index (χ0v) is 18.5. The van der Waals surface area contributed by atoms with E-state index in [0.29, 0.717) is 30.0 Å². The van der Waals surface area contributed by atoms with Crippen molar-refractivity contribution in [3.63, 3.8) is 0 Å². The van der Waals surface area contributed by atoms with E-state index in [1.165, 1.54) is 37.4 Å². The van der Waals surface area contributed by atoms with Crippen LogP contribution in [-0.4, -0.2) is 37.1 Å². The predicted molar refractivity (Wildman–Crippen MR) is 124 cm³/mol. The second-order valence-electron chi connectivity index (χ2n) is 8.10. The molecular weight excluding hydrogens is 440 g/mol. The Morgan fingerprint density at radius 3 is 2.38 bits per heavy atom. The molecule has 9 heteroatoms. The molecule has 2 heterocycles. The summed E-state index contributed by atoms with van der Waals surface area (Å²) in [6, 6.07) is 11.7. The van der Waals surface area contributed by atoms with Crippen LogP contribution in [0.5, 0.6) is 5.75 Å². The van der Waals surface area contributed by atoms with Crippen molar-refractivity contribution in [3.05, 3.63) is 65.2 Å². The number of pyridine rings is 1. The molecule has 4 rings (SSSR count). The zero-order chi connectivity index (χ0) is 24.4. The topological polar surface area (TPSA) is 118 Å². The lowest BCUT2D eigenvalue weighted by molar-refractivity contribution is 0.100. The highest BCUT2D eigenvalue weighted by atomic mass is 19.1. The molecule has 7 nitrogen and oxygen atoms in total. The van der Waals surface area contributed by atoms with E-state index in [-0.39, 0.29) is 34.2 Å². The van der Waals surface area contributed by atoms with E-state index < -0.39 is 17.5 Å². The molecule has 1 aromatic heterocycles. The smallest absolute Gasteiger partial charge is 0.249 e. The number of amides is 1. The number of halogens is 2. The van der Waals surface area contributed by atoms with Crippen molar-refractivity contribution in [1.29, 1.82) is 5.26 Å². The summed E-state index contributed by atoms with van der Waals surface area (Å²) >= 11 is 0. The summed E-state index contributed by atoms with van der Waals surface area (Å²) in [5.41, 5.74) is 12.9. The Morgan fingerprint density at radius 1 is 1.12 bits per heavy atom. The van der Waals surface area contributed by atoms with E-state index in [9.17, 15) is 13.6 Å². The Balaban J connectivity index is 1.98. The molecule has 1 aliphatic heterocycles. The third-order valence-electron chi connectivity index (χ3n) is 5.94. The second kappa shape index (κ2) is 9.45. The summed E-state index contributed by atoms with van der Waals surface area (Å²) in [6.07, 6.45) is 1.50. The first-order valence-electron chi connectivity index (χ1n) is 10.7. The third kappa shape index (κ3) is 4.40. The number of carbonyl (C=O) groups is 1. The number of primary amides is 1. The van der Waals surface area contributed by atoms with Crippen molar-refractivity contribution in [2.75, 3.05) is 25.1 Å². The molecule has 1 aliphatic rings. The molecule has 0 atom stereocenters. The molecule has 4 N–H and O–H groups in total. The number of methoxy groups -OCH3 is 1. The van der Waals surface area contributed by atoms with E-state index in [0.717, 1.165) is 12.8 Å². The maximum atomic E-state index is 14.6. The van der Waals surface area contributed by atoms with Gasteiger partial charge in [0.2, 0.25) is 5.91 Å². The summed E-state index contributed by atoms with van der Waals surface area (Å²) in [4.78, 5) is 19.3. The Hall–Kier alpha value is -4.03. The molecule has 0 spiro atoms. The van der Waals surface area contributed by atoms with Gasteiger partial charge in [-0.05, 0) is 48.7 Å². The Morgan fingerprint density at radius 2 is 1.79 bits per heavy atom. The minimum Gasteiger partial charge on any atom is -0.494 e. The lowest BCUT2D eigenvalue weighted by Crippen LogP contribution is -2.40. The number of hydrogen-bond acceptors (Lipinski definition) is 6. The van der Waals surface area contributed by atoms with Crippen molar-refractivity contribution in [2.45, 2.75) is 18.9 Å². The summed E-state index contributed by atoms with van der Waals surface area (Å²) in [5.74, 6) is -1.59. The van der Waals surface area contributed by atoms with Gasteiger partial charge in [0, 0.05) is 30.3 Å². The second-order valence-corrected chi connectivity index (χ2v) is 8.10. The Kier molecular flexibility index (Phi) is 6.43. The van der Waals surface area contributed by atoms with Crippen LogP contribution in [0.2, 0.25) is 0 Å². The summed E-state index contributed by atoms with van der Waals surface area (Å²) in [6.45, 7) is 1.26. The lowest BCUT2D eigenvalue weighted by atomic mass is 9.93. The molecule has 34 heavy (non-hydrogen) atoms. The number of hydrogen-bond donors (Lipinski definition) is 2. The number of carbonyl (C=O) groups excluding carboxylic acids is 1. The Bertz CT molecular complexity index is 1300. The quantitative estimate of drug-likeness (QED) is 0.597. The van der Waals surface area contributed by atoms with Crippen LogP contribution in [0.25, 0.3) is 22.4 Å². The minimum atomic E-state index is -0.737. The van der Waals surface area contributed by atoms with Crippen molar-refractivity contribution in [1.82, 2.24) is 4.98 Å². The van der Waals surface area contributed by atoms with Gasteiger partial charge in [0.05, 0.1) is 23.9 Å². The molecule has 0 aliphatic carbocycles. The molecule has 1 amide bonds. The standard InChI is InChI=1S/C25H23F2N5O2/c1-34-21-5-4-14(10-20(21)27)23-18(25(30)33)12-22(32-8-6-17(29)7-9-32)31-24(23)15-2-3-16(13-28)19(26)11-15/h2-5,10-12,17H,6-9,29H2,1H3,(H2,30,33). The molecule has 0 saturated carbocycles. The highest BCUT2D eigenvalue weighted by Crippen LogP contribution is 2.38. The van der Waals surface area contributed by atoms with Gasteiger partial charge in [-0.2, -0.15) is 5.26 Å². The first-order chi connectivity index (χ1) is 16.3. The highest BCUT2D eigenvalue weighted by molar-refractivity contribution is 6.04. The van der Waals surface area contributed by atoms with E-state index in [4.69, 9.17) is 26.5 Å². The molecule has 3 aromatic rings. The lowest BCUT2D eigenvalue weighted by Gasteiger charge is -2.32. The van der Waals surface area contributed by atoms with Gasteiger partial charge in [0.25, 0.3) is 0 Å². The fourth-order valence-corrected chi connectivity index (χ4v) is 4.09. The maximum absolute atomic E-state index is 14.6. The molecule has 0 radical (unpaired) electrons. The highest BCUT2D eigenvalue weighted by Gasteiger charge is 2.25. The van der Waals surface area contributed by atoms with Crippen LogP contribution in [0.4, 0.5) is 14.6 Å². The molecular formula is C25H23F2N5O2. The fourth-order valence-electron chi connectivity index (χ4n) is 4.09. The normalized spacial score (nSPS) is 14.0. The maximum Gasteiger partial charge on any atom is 0.249 e. The molecule has 1 fully saturated rings. The van der Waals surface area contributed by atoms with Crippen LogP contribution in [0, 0.1) is 23.0 Å². The van der Waals surface area contributed by atoms with Crippen LogP contribution in [0.3, 0.4) is 0 Å². The number of ether oxygens (including phenoxy) is 1. The zero-order valence-electron chi connectivity index (χ0n) is 18.5. The van der Waals surface area contributed by atoms with Crippen LogP contribution >= 0.6 is 0 Å². The van der Waals surface area contributed by atoms with E-state index >= 15 is 0 Å². The van der Waals surface area contributed by atoms with Gasteiger partial charge in [-0.15, -0.1) is 0 Å². The molecule has 2 aromatic carbocycles. The monoisotopic (exact) mass is 463 g/mol. The number of nitriles is 1. The molecule has 0 unspecified atom stereocenters. The first-order valence-corrected chi connectivity index (χ1v) is 10.7. The summed E-state index contributed by atoms with van der Waals surface area (Å²) < 4.78 is 34.1. The van der Waals surface area contributed by atoms with Crippen molar-refractivity contribution in [3.8, 4) is 34.2 Å². The van der Waals surface area contributed by atoms with E-state index in [2.05, 4.69) is 0 Å². The summed E-state index contributed by atoms with van der Waals surface area (Å²) in [5, 5.41) is 9.11. The van der Waals surface area contributed by atoms with Crippen molar-refractivity contribution < 1.29 is 18.3 Å². The number of anilines is 1. The van der Waals surface area contributed by atoms with Gasteiger partial charge < -0.3 is 21.1 Å². The number of rotatable bonds is 5. The molecule has 174 valence electrons. The number of nitrogens with zero attached hydrogens (tertiary/aromatic N) is 3. The SMILES string of the molecule is COc1ccc(-c2c(C(N)=O)cc(N3CCC(N)CC3)nc2-c2ccc(C#N)c(F)c2)cc1F. The molecule has 1 saturated heterocycles. The predicted octanol–water partition coefficient (Wildman–Crippen LogP) is 3.60. The Labute approximate surface area is 195 Å². The number of benzene rings is 2. The van der Waals surface area contributed by atoms with Gasteiger partial charge in [-0.1, -0.05) is 12.1 Å². The number of aromatic nitrogens is 1. The first kappa shape index (κ1) is 23.1. The average molecular weight is 463 g/mol. The fraction of sp³-hybridized carbons (Fsp3) is 0.240. The largest absolute Gasteiger partial charge is 0.494 e. The van der Waals surface area contributed by atoms with Gasteiger partial charge in [-0.25, -0.2) is 13.8 Å². The van der Waals surface area contributed by atoms with E-state index in [1.54, 1.807) is 18.2 Å². The van der Waals surface area contributed by atoms with Crippen LogP contribution in [0.1, 0.15) is 28.8 Å².